The molecule has 0 atom stereocenters. The first-order valence-electron chi connectivity index (χ1n) is 5.50. The van der Waals surface area contributed by atoms with Gasteiger partial charge >= 0.3 is 6.18 Å². The highest BCUT2D eigenvalue weighted by atomic mass is 79.9. The van der Waals surface area contributed by atoms with E-state index in [4.69, 9.17) is 0 Å². The monoisotopic (exact) mass is 349 g/mol. The predicted molar refractivity (Wildman–Crippen MR) is 68.9 cm³/mol. The van der Waals surface area contributed by atoms with Crippen LogP contribution in [0.25, 0.3) is 0 Å². The second-order valence-corrected chi connectivity index (χ2v) is 4.84. The summed E-state index contributed by atoms with van der Waals surface area (Å²) in [6, 6.07) is 6.88. The molecule has 0 unspecified atom stereocenters. The second-order valence-electron chi connectivity index (χ2n) is 4.05. The van der Waals surface area contributed by atoms with Gasteiger partial charge in [0.25, 0.3) is 5.56 Å². The number of aromatic nitrogens is 1. The summed E-state index contributed by atoms with van der Waals surface area (Å²) in [5, 5.41) is 0. The molecule has 0 aliphatic rings. The van der Waals surface area contributed by atoms with Crippen LogP contribution in [-0.2, 0) is 12.7 Å². The minimum Gasteiger partial charge on any atom is -0.300 e. The average molecular weight is 350 g/mol. The van der Waals surface area contributed by atoms with Crippen LogP contribution in [0.3, 0.4) is 0 Å². The van der Waals surface area contributed by atoms with Gasteiger partial charge in [0.05, 0.1) is 11.0 Å². The van der Waals surface area contributed by atoms with E-state index in [0.717, 1.165) is 18.2 Å². The molecule has 106 valence electrons. The molecule has 2 rings (SSSR count). The average Bonchev–Trinajstić information content (AvgIpc) is 2.36. The van der Waals surface area contributed by atoms with Crippen LogP contribution in [0.1, 0.15) is 11.3 Å². The largest absolute Gasteiger partial charge is 0.431 e. The van der Waals surface area contributed by atoms with Crippen molar-refractivity contribution >= 4 is 15.9 Å². The van der Waals surface area contributed by atoms with E-state index in [2.05, 4.69) is 15.9 Å². The van der Waals surface area contributed by atoms with Crippen molar-refractivity contribution in [3.63, 3.8) is 0 Å². The molecule has 2 aromatic rings. The lowest BCUT2D eigenvalue weighted by atomic mass is 10.2. The molecule has 0 N–H and O–H groups in total. The number of hydrogen-bond donors (Lipinski definition) is 0. The van der Waals surface area contributed by atoms with Gasteiger partial charge in [0.15, 0.2) is 0 Å². The van der Waals surface area contributed by atoms with Crippen molar-refractivity contribution in [2.45, 2.75) is 12.7 Å². The zero-order valence-corrected chi connectivity index (χ0v) is 11.5. The van der Waals surface area contributed by atoms with Crippen molar-refractivity contribution in [1.82, 2.24) is 4.57 Å². The third kappa shape index (κ3) is 2.92. The summed E-state index contributed by atoms with van der Waals surface area (Å²) < 4.78 is 52.6. The molecule has 1 aromatic heterocycles. The van der Waals surface area contributed by atoms with E-state index < -0.39 is 23.2 Å². The lowest BCUT2D eigenvalue weighted by Crippen LogP contribution is -2.27. The van der Waals surface area contributed by atoms with Crippen LogP contribution in [0.2, 0.25) is 0 Å². The van der Waals surface area contributed by atoms with Crippen molar-refractivity contribution in [2.75, 3.05) is 0 Å². The van der Waals surface area contributed by atoms with Crippen molar-refractivity contribution in [3.8, 4) is 0 Å². The van der Waals surface area contributed by atoms with Gasteiger partial charge in [0.1, 0.15) is 11.5 Å². The van der Waals surface area contributed by atoms with Crippen molar-refractivity contribution < 1.29 is 17.6 Å². The maximum absolute atomic E-state index is 13.4. The number of nitrogens with zero attached hydrogens (tertiary/aromatic N) is 1. The Hall–Kier alpha value is -1.63. The van der Waals surface area contributed by atoms with E-state index in [1.54, 1.807) is 0 Å². The summed E-state index contributed by atoms with van der Waals surface area (Å²) >= 11 is 2.97. The minimum absolute atomic E-state index is 0.0453. The van der Waals surface area contributed by atoms with Gasteiger partial charge < -0.3 is 0 Å². The predicted octanol–water partition coefficient (Wildman–Crippen LogP) is 3.82. The van der Waals surface area contributed by atoms with Crippen LogP contribution in [0.4, 0.5) is 17.6 Å². The number of alkyl halides is 3. The van der Waals surface area contributed by atoms with Crippen LogP contribution in [0.15, 0.2) is 45.7 Å². The molecule has 2 nitrogen and oxygen atoms in total. The first kappa shape index (κ1) is 14.8. The normalized spacial score (nSPS) is 11.7. The summed E-state index contributed by atoms with van der Waals surface area (Å²) in [5.74, 6) is -0.597. The Bertz CT molecular complexity index is 694. The van der Waals surface area contributed by atoms with Gasteiger partial charge in [-0.05, 0) is 33.6 Å². The van der Waals surface area contributed by atoms with Gasteiger partial charge in [-0.1, -0.05) is 18.2 Å². The SMILES string of the molecule is O=c1cccc(C(F)(F)F)n1Cc1cccc(F)c1Br. The molecule has 0 saturated carbocycles. The van der Waals surface area contributed by atoms with Gasteiger partial charge in [0.2, 0.25) is 0 Å². The minimum atomic E-state index is -4.65. The van der Waals surface area contributed by atoms with Gasteiger partial charge in [-0.25, -0.2) is 4.39 Å². The quantitative estimate of drug-likeness (QED) is 0.755. The molecule has 0 radical (unpaired) electrons. The van der Waals surface area contributed by atoms with Gasteiger partial charge in [-0.15, -0.1) is 0 Å². The molecule has 1 aromatic carbocycles. The van der Waals surface area contributed by atoms with Crippen LogP contribution in [0, 0.1) is 5.82 Å². The maximum Gasteiger partial charge on any atom is 0.431 e. The highest BCUT2D eigenvalue weighted by Crippen LogP contribution is 2.29. The van der Waals surface area contributed by atoms with Crippen LogP contribution < -0.4 is 5.56 Å². The van der Waals surface area contributed by atoms with Gasteiger partial charge in [0, 0.05) is 6.07 Å². The van der Waals surface area contributed by atoms with Crippen molar-refractivity contribution in [1.29, 1.82) is 0 Å². The van der Waals surface area contributed by atoms with E-state index in [0.29, 0.717) is 4.57 Å². The number of rotatable bonds is 2. The molecular weight excluding hydrogens is 342 g/mol. The van der Waals surface area contributed by atoms with Gasteiger partial charge in [-0.2, -0.15) is 13.2 Å². The third-order valence-electron chi connectivity index (χ3n) is 2.70. The van der Waals surface area contributed by atoms with Crippen LogP contribution in [0.5, 0.6) is 0 Å². The summed E-state index contributed by atoms with van der Waals surface area (Å²) in [6.07, 6.45) is -4.65. The lowest BCUT2D eigenvalue weighted by Gasteiger charge is -2.15. The van der Waals surface area contributed by atoms with E-state index in [1.165, 1.54) is 18.2 Å². The van der Waals surface area contributed by atoms with E-state index in [9.17, 15) is 22.4 Å². The maximum atomic E-state index is 13.4. The summed E-state index contributed by atoms with van der Waals surface area (Å²) in [6.45, 7) is -0.368. The Morgan fingerprint density at radius 3 is 2.40 bits per heavy atom. The molecule has 0 spiro atoms. The second kappa shape index (κ2) is 5.40. The fraction of sp³-hybridized carbons (Fsp3) is 0.154. The summed E-state index contributed by atoms with van der Waals surface area (Å²) in [4.78, 5) is 11.6. The first-order valence-corrected chi connectivity index (χ1v) is 6.30. The number of benzene rings is 1. The Morgan fingerprint density at radius 1 is 1.10 bits per heavy atom. The summed E-state index contributed by atoms with van der Waals surface area (Å²) in [7, 11) is 0. The zero-order chi connectivity index (χ0) is 14.9. The highest BCUT2D eigenvalue weighted by molar-refractivity contribution is 9.10. The Kier molecular flexibility index (Phi) is 3.99. The van der Waals surface area contributed by atoms with E-state index >= 15 is 0 Å². The molecule has 1 heterocycles. The van der Waals surface area contributed by atoms with E-state index in [1.807, 2.05) is 0 Å². The van der Waals surface area contributed by atoms with Gasteiger partial charge in [-0.3, -0.25) is 9.36 Å². The van der Waals surface area contributed by atoms with Crippen molar-refractivity contribution in [2.24, 2.45) is 0 Å². The topological polar surface area (TPSA) is 22.0 Å². The zero-order valence-electron chi connectivity index (χ0n) is 9.92. The molecule has 0 bridgehead atoms. The Balaban J connectivity index is 2.54. The summed E-state index contributed by atoms with van der Waals surface area (Å²) in [5.41, 5.74) is -1.61. The smallest absolute Gasteiger partial charge is 0.300 e. The molecule has 0 saturated heterocycles. The molecule has 0 fully saturated rings. The first-order chi connectivity index (χ1) is 9.30. The fourth-order valence-corrected chi connectivity index (χ4v) is 2.16. The molecule has 0 aliphatic carbocycles. The molecule has 7 heteroatoms. The third-order valence-corrected chi connectivity index (χ3v) is 3.59. The van der Waals surface area contributed by atoms with Crippen LogP contribution in [-0.4, -0.2) is 4.57 Å². The number of halogens is 5. The van der Waals surface area contributed by atoms with Crippen LogP contribution >= 0.6 is 15.9 Å². The standard InChI is InChI=1S/C13H8BrF4NO/c14-12-8(3-1-4-9(12)15)7-19-10(13(16,17)18)5-2-6-11(19)20/h1-6H,7H2. The lowest BCUT2D eigenvalue weighted by molar-refractivity contribution is -0.144. The Morgan fingerprint density at radius 2 is 1.75 bits per heavy atom. The van der Waals surface area contributed by atoms with E-state index in [-0.39, 0.29) is 16.6 Å². The highest BCUT2D eigenvalue weighted by Gasteiger charge is 2.34. The molecule has 0 amide bonds. The molecule has 20 heavy (non-hydrogen) atoms. The number of hydrogen-bond acceptors (Lipinski definition) is 1. The molecular formula is C13H8BrF4NO. The number of pyridine rings is 1. The van der Waals surface area contributed by atoms with Crippen molar-refractivity contribution in [3.05, 3.63) is 68.3 Å². The Labute approximate surface area is 119 Å². The fourth-order valence-electron chi connectivity index (χ4n) is 1.77. The molecule has 0 aliphatic heterocycles.